The molecule has 1 unspecified atom stereocenters. The molecule has 2 rings (SSSR count). The van der Waals surface area contributed by atoms with Gasteiger partial charge < -0.3 is 5.32 Å². The molecule has 1 fully saturated rings. The van der Waals surface area contributed by atoms with E-state index in [0.29, 0.717) is 11.8 Å². The highest BCUT2D eigenvalue weighted by Crippen LogP contribution is 2.39. The molecule has 1 aliphatic rings. The molecule has 5 heteroatoms. The quantitative estimate of drug-likeness (QED) is 0.810. The number of alkyl halides is 1. The Morgan fingerprint density at radius 2 is 2.33 bits per heavy atom. The fraction of sp³-hybridized carbons (Fsp3) is 0.800. The van der Waals surface area contributed by atoms with Crippen molar-refractivity contribution in [3.8, 4) is 0 Å². The molecule has 0 saturated heterocycles. The molecule has 1 saturated carbocycles. The highest BCUT2D eigenvalue weighted by Gasteiger charge is 2.29. The molecular weight excluding hydrogens is 230 g/mol. The Labute approximate surface area is 99.4 Å². The minimum atomic E-state index is -0.0675. The van der Waals surface area contributed by atoms with Crippen LogP contribution in [0.25, 0.3) is 0 Å². The van der Waals surface area contributed by atoms with E-state index in [9.17, 15) is 0 Å². The zero-order valence-electron chi connectivity index (χ0n) is 9.09. The standard InChI is InChI=1S/C10H16ClN3S/c1-3-10(2,6-11)13-9-12-8(14-15-9)7-4-5-7/h7H,3-6H2,1-2H3,(H,12,13,14). The number of nitrogens with one attached hydrogen (secondary N) is 1. The number of hydrogen-bond donors (Lipinski definition) is 1. The zero-order valence-corrected chi connectivity index (χ0v) is 10.7. The third kappa shape index (κ3) is 2.61. The van der Waals surface area contributed by atoms with Gasteiger partial charge in [0.2, 0.25) is 5.13 Å². The van der Waals surface area contributed by atoms with Crippen molar-refractivity contribution in [2.75, 3.05) is 11.2 Å². The first-order valence-corrected chi connectivity index (χ1v) is 6.65. The Balaban J connectivity index is 2.02. The lowest BCUT2D eigenvalue weighted by atomic mass is 10.0. The van der Waals surface area contributed by atoms with Crippen molar-refractivity contribution in [3.05, 3.63) is 5.82 Å². The molecule has 1 atom stereocenters. The SMILES string of the molecule is CCC(C)(CCl)Nc1nc(C2CC2)ns1. The number of anilines is 1. The molecular formula is C10H16ClN3S. The van der Waals surface area contributed by atoms with Gasteiger partial charge in [0.25, 0.3) is 0 Å². The Hall–Kier alpha value is -0.350. The molecule has 1 N–H and O–H groups in total. The maximum Gasteiger partial charge on any atom is 0.203 e. The molecule has 0 spiro atoms. The molecule has 1 aliphatic carbocycles. The molecule has 0 bridgehead atoms. The largest absolute Gasteiger partial charge is 0.354 e. The van der Waals surface area contributed by atoms with E-state index in [4.69, 9.17) is 11.6 Å². The van der Waals surface area contributed by atoms with Gasteiger partial charge in [-0.1, -0.05) is 6.92 Å². The summed E-state index contributed by atoms with van der Waals surface area (Å²) in [5, 5.41) is 4.28. The van der Waals surface area contributed by atoms with Gasteiger partial charge in [-0.15, -0.1) is 11.6 Å². The molecule has 0 aromatic carbocycles. The normalized spacial score (nSPS) is 19.9. The van der Waals surface area contributed by atoms with Crippen molar-refractivity contribution in [3.63, 3.8) is 0 Å². The van der Waals surface area contributed by atoms with Crippen LogP contribution in [0.4, 0.5) is 5.13 Å². The maximum atomic E-state index is 5.93. The summed E-state index contributed by atoms with van der Waals surface area (Å²) in [7, 11) is 0. The lowest BCUT2D eigenvalue weighted by Gasteiger charge is -2.26. The van der Waals surface area contributed by atoms with E-state index in [1.54, 1.807) is 0 Å². The number of hydrogen-bond acceptors (Lipinski definition) is 4. The van der Waals surface area contributed by atoms with E-state index in [0.717, 1.165) is 17.4 Å². The monoisotopic (exact) mass is 245 g/mol. The third-order valence-corrected chi connectivity index (χ3v) is 4.10. The van der Waals surface area contributed by atoms with E-state index in [-0.39, 0.29) is 5.54 Å². The summed E-state index contributed by atoms with van der Waals surface area (Å²) >= 11 is 7.38. The Kier molecular flexibility index (Phi) is 3.16. The molecule has 84 valence electrons. The number of nitrogens with zero attached hydrogens (tertiary/aromatic N) is 2. The fourth-order valence-electron chi connectivity index (χ4n) is 1.27. The van der Waals surface area contributed by atoms with Gasteiger partial charge in [-0.25, -0.2) is 4.98 Å². The minimum Gasteiger partial charge on any atom is -0.354 e. The summed E-state index contributed by atoms with van der Waals surface area (Å²) in [6.45, 7) is 4.23. The summed E-state index contributed by atoms with van der Waals surface area (Å²) in [6.07, 6.45) is 3.47. The van der Waals surface area contributed by atoms with E-state index in [2.05, 4.69) is 28.5 Å². The first-order valence-electron chi connectivity index (χ1n) is 5.34. The second-order valence-electron chi connectivity index (χ2n) is 4.40. The smallest absolute Gasteiger partial charge is 0.203 e. The molecule has 1 aromatic rings. The Morgan fingerprint density at radius 3 is 2.87 bits per heavy atom. The van der Waals surface area contributed by atoms with Crippen LogP contribution in [0.15, 0.2) is 0 Å². The molecule has 3 nitrogen and oxygen atoms in total. The average molecular weight is 246 g/mol. The molecule has 1 aromatic heterocycles. The first kappa shape index (κ1) is 11.1. The van der Waals surface area contributed by atoms with Crippen molar-refractivity contribution in [1.82, 2.24) is 9.36 Å². The fourth-order valence-corrected chi connectivity index (χ4v) is 2.32. The third-order valence-electron chi connectivity index (χ3n) is 2.87. The number of rotatable bonds is 5. The van der Waals surface area contributed by atoms with E-state index < -0.39 is 0 Å². The van der Waals surface area contributed by atoms with Crippen LogP contribution in [0, 0.1) is 0 Å². The van der Waals surface area contributed by atoms with Crippen LogP contribution >= 0.6 is 23.1 Å². The summed E-state index contributed by atoms with van der Waals surface area (Å²) < 4.78 is 4.36. The highest BCUT2D eigenvalue weighted by atomic mass is 35.5. The van der Waals surface area contributed by atoms with Crippen LogP contribution in [-0.2, 0) is 0 Å². The van der Waals surface area contributed by atoms with E-state index in [1.807, 2.05) is 0 Å². The average Bonchev–Trinajstić information content (AvgIpc) is 3.00. The zero-order chi connectivity index (χ0) is 10.9. The summed E-state index contributed by atoms with van der Waals surface area (Å²) in [5.74, 6) is 2.22. The van der Waals surface area contributed by atoms with Crippen LogP contribution in [0.1, 0.15) is 44.9 Å². The van der Waals surface area contributed by atoms with Crippen LogP contribution in [0.5, 0.6) is 0 Å². The van der Waals surface area contributed by atoms with E-state index >= 15 is 0 Å². The Morgan fingerprint density at radius 1 is 1.60 bits per heavy atom. The van der Waals surface area contributed by atoms with Gasteiger partial charge in [0.15, 0.2) is 0 Å². The van der Waals surface area contributed by atoms with Crippen LogP contribution < -0.4 is 5.32 Å². The Bertz CT molecular complexity index is 331. The predicted octanol–water partition coefficient (Wildman–Crippen LogP) is 3.23. The first-order chi connectivity index (χ1) is 7.17. The predicted molar refractivity (Wildman–Crippen MR) is 64.9 cm³/mol. The highest BCUT2D eigenvalue weighted by molar-refractivity contribution is 7.09. The van der Waals surface area contributed by atoms with Gasteiger partial charge in [0.1, 0.15) is 5.82 Å². The summed E-state index contributed by atoms with van der Waals surface area (Å²) in [4.78, 5) is 4.49. The van der Waals surface area contributed by atoms with Crippen LogP contribution in [-0.4, -0.2) is 20.8 Å². The number of halogens is 1. The number of aromatic nitrogens is 2. The van der Waals surface area contributed by atoms with Gasteiger partial charge in [-0.3, -0.25) is 0 Å². The summed E-state index contributed by atoms with van der Waals surface area (Å²) in [5.41, 5.74) is -0.0675. The van der Waals surface area contributed by atoms with Crippen molar-refractivity contribution < 1.29 is 0 Å². The van der Waals surface area contributed by atoms with Gasteiger partial charge in [-0.05, 0) is 26.2 Å². The molecule has 1 heterocycles. The van der Waals surface area contributed by atoms with Gasteiger partial charge in [-0.2, -0.15) is 4.37 Å². The molecule has 15 heavy (non-hydrogen) atoms. The van der Waals surface area contributed by atoms with Gasteiger partial charge >= 0.3 is 0 Å². The molecule has 0 radical (unpaired) electrons. The second-order valence-corrected chi connectivity index (χ2v) is 5.42. The van der Waals surface area contributed by atoms with Crippen molar-refractivity contribution in [2.45, 2.75) is 44.6 Å². The molecule has 0 aliphatic heterocycles. The summed E-state index contributed by atoms with van der Waals surface area (Å²) in [6, 6.07) is 0. The minimum absolute atomic E-state index is 0.0675. The van der Waals surface area contributed by atoms with Crippen molar-refractivity contribution in [1.29, 1.82) is 0 Å². The van der Waals surface area contributed by atoms with Gasteiger partial charge in [0.05, 0.1) is 5.54 Å². The lowest BCUT2D eigenvalue weighted by molar-refractivity contribution is 0.553. The van der Waals surface area contributed by atoms with E-state index in [1.165, 1.54) is 24.4 Å². The van der Waals surface area contributed by atoms with Crippen molar-refractivity contribution in [2.24, 2.45) is 0 Å². The van der Waals surface area contributed by atoms with Crippen LogP contribution in [0.3, 0.4) is 0 Å². The lowest BCUT2D eigenvalue weighted by Crippen LogP contribution is -2.35. The van der Waals surface area contributed by atoms with Crippen LogP contribution in [0.2, 0.25) is 0 Å². The van der Waals surface area contributed by atoms with Gasteiger partial charge in [0, 0.05) is 23.3 Å². The maximum absolute atomic E-state index is 5.93. The van der Waals surface area contributed by atoms with Crippen molar-refractivity contribution >= 4 is 28.3 Å². The second kappa shape index (κ2) is 4.26. The topological polar surface area (TPSA) is 37.8 Å². The molecule has 0 amide bonds.